The number of nitro groups is 1. The predicted octanol–water partition coefficient (Wildman–Crippen LogP) is 2.67. The highest BCUT2D eigenvalue weighted by molar-refractivity contribution is 7.17. The van der Waals surface area contributed by atoms with Gasteiger partial charge in [0.2, 0.25) is 0 Å². The van der Waals surface area contributed by atoms with E-state index < -0.39 is 4.92 Å². The summed E-state index contributed by atoms with van der Waals surface area (Å²) < 4.78 is 0. The van der Waals surface area contributed by atoms with Crippen molar-refractivity contribution < 1.29 is 9.72 Å². The van der Waals surface area contributed by atoms with E-state index in [0.29, 0.717) is 10.9 Å². The predicted molar refractivity (Wildman–Crippen MR) is 65.3 cm³/mol. The molecule has 0 aromatic carbocycles. The van der Waals surface area contributed by atoms with Crippen LogP contribution in [0.3, 0.4) is 0 Å². The standard InChI is InChI=1S/C11H14N2O3S/c1-7(2)12(8-3-4-8)11(14)9-5-6-10(17-9)13(15)16/h5-8H,3-4H2,1-2H3. The largest absolute Gasteiger partial charge is 0.333 e. The molecule has 2 rings (SSSR count). The summed E-state index contributed by atoms with van der Waals surface area (Å²) in [6, 6.07) is 3.39. The molecule has 0 spiro atoms. The summed E-state index contributed by atoms with van der Waals surface area (Å²) in [5, 5.41) is 10.6. The molecule has 6 heteroatoms. The topological polar surface area (TPSA) is 63.5 Å². The maximum atomic E-state index is 12.2. The zero-order chi connectivity index (χ0) is 12.6. The average molecular weight is 254 g/mol. The summed E-state index contributed by atoms with van der Waals surface area (Å²) in [5.74, 6) is -0.0828. The molecule has 0 bridgehead atoms. The smallest absolute Gasteiger partial charge is 0.324 e. The Hall–Kier alpha value is -1.43. The van der Waals surface area contributed by atoms with E-state index in [9.17, 15) is 14.9 Å². The first-order valence-corrected chi connectivity index (χ1v) is 6.39. The van der Waals surface area contributed by atoms with Gasteiger partial charge in [0.25, 0.3) is 5.91 Å². The fraction of sp³-hybridized carbons (Fsp3) is 0.545. The first kappa shape index (κ1) is 12.0. The summed E-state index contributed by atoms with van der Waals surface area (Å²) in [5.41, 5.74) is 0. The van der Waals surface area contributed by atoms with Gasteiger partial charge in [0, 0.05) is 18.2 Å². The average Bonchev–Trinajstić information content (AvgIpc) is 2.94. The van der Waals surface area contributed by atoms with E-state index in [0.717, 1.165) is 24.2 Å². The Balaban J connectivity index is 2.19. The second-order valence-electron chi connectivity index (χ2n) is 4.43. The van der Waals surface area contributed by atoms with Crippen LogP contribution in [0.2, 0.25) is 0 Å². The Morgan fingerprint density at radius 3 is 2.59 bits per heavy atom. The van der Waals surface area contributed by atoms with Crippen LogP contribution in [0.25, 0.3) is 0 Å². The van der Waals surface area contributed by atoms with E-state index in [1.807, 2.05) is 18.7 Å². The number of rotatable bonds is 4. The van der Waals surface area contributed by atoms with Crippen molar-refractivity contribution in [1.29, 1.82) is 0 Å². The molecule has 0 radical (unpaired) electrons. The lowest BCUT2D eigenvalue weighted by atomic mass is 10.3. The van der Waals surface area contributed by atoms with E-state index in [2.05, 4.69) is 0 Å². The van der Waals surface area contributed by atoms with Gasteiger partial charge in [0.05, 0.1) is 9.80 Å². The molecule has 0 N–H and O–H groups in total. The first-order valence-electron chi connectivity index (χ1n) is 5.57. The molecule has 0 aliphatic heterocycles. The van der Waals surface area contributed by atoms with Crippen molar-refractivity contribution in [3.63, 3.8) is 0 Å². The van der Waals surface area contributed by atoms with Crippen LogP contribution in [-0.2, 0) is 0 Å². The van der Waals surface area contributed by atoms with Gasteiger partial charge in [0.1, 0.15) is 0 Å². The number of nitrogens with zero attached hydrogens (tertiary/aromatic N) is 2. The molecule has 1 saturated carbocycles. The number of hydrogen-bond donors (Lipinski definition) is 0. The van der Waals surface area contributed by atoms with Gasteiger partial charge in [-0.1, -0.05) is 11.3 Å². The number of amides is 1. The van der Waals surface area contributed by atoms with Gasteiger partial charge >= 0.3 is 5.00 Å². The lowest BCUT2D eigenvalue weighted by molar-refractivity contribution is -0.380. The zero-order valence-electron chi connectivity index (χ0n) is 9.75. The molecule has 1 aliphatic rings. The molecule has 1 fully saturated rings. The molecule has 1 aromatic rings. The highest BCUT2D eigenvalue weighted by Gasteiger charge is 2.35. The van der Waals surface area contributed by atoms with Crippen molar-refractivity contribution in [1.82, 2.24) is 4.90 Å². The van der Waals surface area contributed by atoms with Crippen molar-refractivity contribution in [2.24, 2.45) is 0 Å². The molecule has 1 aliphatic carbocycles. The highest BCUT2D eigenvalue weighted by Crippen LogP contribution is 2.32. The van der Waals surface area contributed by atoms with Crippen LogP contribution in [0, 0.1) is 10.1 Å². The van der Waals surface area contributed by atoms with Crippen LogP contribution in [0.1, 0.15) is 36.4 Å². The molecule has 1 amide bonds. The molecule has 1 aromatic heterocycles. The quantitative estimate of drug-likeness (QED) is 0.613. The van der Waals surface area contributed by atoms with Crippen molar-refractivity contribution in [2.45, 2.75) is 38.8 Å². The van der Waals surface area contributed by atoms with E-state index in [4.69, 9.17) is 0 Å². The lowest BCUT2D eigenvalue weighted by Crippen LogP contribution is -2.38. The second-order valence-corrected chi connectivity index (χ2v) is 5.49. The van der Waals surface area contributed by atoms with Gasteiger partial charge < -0.3 is 4.90 Å². The van der Waals surface area contributed by atoms with Crippen molar-refractivity contribution in [3.05, 3.63) is 27.1 Å². The van der Waals surface area contributed by atoms with E-state index >= 15 is 0 Å². The number of carbonyl (C=O) groups is 1. The van der Waals surface area contributed by atoms with E-state index in [-0.39, 0.29) is 17.0 Å². The Bertz CT molecular complexity index is 449. The van der Waals surface area contributed by atoms with Crippen LogP contribution in [0.15, 0.2) is 12.1 Å². The third-order valence-electron chi connectivity index (χ3n) is 2.71. The Morgan fingerprint density at radius 1 is 1.53 bits per heavy atom. The SMILES string of the molecule is CC(C)N(C(=O)c1ccc([N+](=O)[O-])s1)C1CC1. The third-order valence-corrected chi connectivity index (χ3v) is 3.74. The molecule has 92 valence electrons. The van der Waals surface area contributed by atoms with Gasteiger partial charge in [-0.25, -0.2) is 0 Å². The fourth-order valence-corrected chi connectivity index (χ4v) is 2.61. The summed E-state index contributed by atoms with van der Waals surface area (Å²) in [6.45, 7) is 3.94. The number of thiophene rings is 1. The van der Waals surface area contributed by atoms with Gasteiger partial charge in [-0.15, -0.1) is 0 Å². The summed E-state index contributed by atoms with van der Waals surface area (Å²) in [6.07, 6.45) is 2.08. The molecule has 0 unspecified atom stereocenters. The van der Waals surface area contributed by atoms with E-state index in [1.54, 1.807) is 6.07 Å². The maximum Gasteiger partial charge on any atom is 0.324 e. The van der Waals surface area contributed by atoms with Crippen LogP contribution in [-0.4, -0.2) is 27.8 Å². The zero-order valence-corrected chi connectivity index (χ0v) is 10.6. The summed E-state index contributed by atoms with van der Waals surface area (Å²) in [4.78, 5) is 24.6. The second kappa shape index (κ2) is 4.44. The van der Waals surface area contributed by atoms with Gasteiger partial charge in [-0.3, -0.25) is 14.9 Å². The number of hydrogen-bond acceptors (Lipinski definition) is 4. The molecule has 0 saturated heterocycles. The normalized spacial score (nSPS) is 15.0. The van der Waals surface area contributed by atoms with Crippen LogP contribution in [0.4, 0.5) is 5.00 Å². The molecule has 0 atom stereocenters. The maximum absolute atomic E-state index is 12.2. The summed E-state index contributed by atoms with van der Waals surface area (Å²) >= 11 is 0.950. The molecular formula is C11H14N2O3S. The van der Waals surface area contributed by atoms with Crippen LogP contribution < -0.4 is 0 Å². The highest BCUT2D eigenvalue weighted by atomic mass is 32.1. The third kappa shape index (κ3) is 2.46. The van der Waals surface area contributed by atoms with Crippen LogP contribution in [0.5, 0.6) is 0 Å². The minimum absolute atomic E-state index is 0.0212. The van der Waals surface area contributed by atoms with Gasteiger partial charge in [-0.2, -0.15) is 0 Å². The minimum Gasteiger partial charge on any atom is -0.333 e. The van der Waals surface area contributed by atoms with Crippen molar-refractivity contribution >= 4 is 22.2 Å². The van der Waals surface area contributed by atoms with E-state index in [1.165, 1.54) is 6.07 Å². The first-order chi connectivity index (χ1) is 8.00. The Morgan fingerprint density at radius 2 is 2.18 bits per heavy atom. The molecule has 17 heavy (non-hydrogen) atoms. The summed E-state index contributed by atoms with van der Waals surface area (Å²) in [7, 11) is 0. The van der Waals surface area contributed by atoms with Crippen molar-refractivity contribution in [2.75, 3.05) is 0 Å². The number of carbonyl (C=O) groups excluding carboxylic acids is 1. The molecule has 5 nitrogen and oxygen atoms in total. The monoisotopic (exact) mass is 254 g/mol. The Labute approximate surface area is 103 Å². The van der Waals surface area contributed by atoms with Gasteiger partial charge in [0.15, 0.2) is 0 Å². The van der Waals surface area contributed by atoms with Crippen LogP contribution >= 0.6 is 11.3 Å². The Kier molecular flexibility index (Phi) is 3.15. The molecule has 1 heterocycles. The fourth-order valence-electron chi connectivity index (χ4n) is 1.84. The lowest BCUT2D eigenvalue weighted by Gasteiger charge is -2.25. The van der Waals surface area contributed by atoms with Crippen molar-refractivity contribution in [3.8, 4) is 0 Å². The van der Waals surface area contributed by atoms with Gasteiger partial charge in [-0.05, 0) is 32.8 Å². The molecular weight excluding hydrogens is 240 g/mol. The minimum atomic E-state index is -0.460.